The van der Waals surface area contributed by atoms with Crippen LogP contribution in [-0.2, 0) is 122 Å². The Bertz CT molecular complexity index is 5220. The quantitative estimate of drug-likeness (QED) is 0.0158. The fourth-order valence-electron chi connectivity index (χ4n) is 14.0. The SMILES string of the molecule is CC[C@H](NC(=O)CCc1ccc(-c2nc3ccccc3s2)cc1)C(=O)C[C@@H](CCC(=O)O)C(N)=O.NC(=O)[C@H](CCC(=O)O)CC(=O)[C@H](CCC(=O)O)NC(=O)CCc1ccc(-c2ccsc2)cc1.NC(=O)[C@H](CCC(=O)O)CC(=O)[C@H](CCC(=O)O)NC(=O)CCc1ccc(-c2nccs2)cc1.NC(=O)[C@H](CCC(=O)O)CC(=O)[C@H](CCC(=O)O)NC(=O)CCc1ccc(-n2cccc2)cc1.O=CO. The molecule has 8 atom stereocenters. The maximum absolute atomic E-state index is 12.7. The minimum atomic E-state index is -1.13. The smallest absolute Gasteiger partial charge is 0.303 e. The molecule has 0 aliphatic heterocycles. The highest BCUT2D eigenvalue weighted by Gasteiger charge is 2.33. The van der Waals surface area contributed by atoms with Crippen LogP contribution in [0.2, 0.25) is 0 Å². The number of hydrogen-bond acceptors (Lipinski definition) is 25. The van der Waals surface area contributed by atoms with Crippen molar-refractivity contribution in [2.24, 2.45) is 46.6 Å². The fourth-order valence-corrected chi connectivity index (χ4v) is 16.3. The number of thiazole rings is 2. The van der Waals surface area contributed by atoms with Gasteiger partial charge in [-0.25, -0.2) is 9.97 Å². The fraction of sp³-hybridized carbons (Fsp3) is 0.367. The van der Waals surface area contributed by atoms with E-state index in [0.29, 0.717) is 32.1 Å². The molecule has 4 heterocycles. The number of fused-ring (bicyclic) bond motifs is 1. The summed E-state index contributed by atoms with van der Waals surface area (Å²) in [6.07, 6.45) is 3.76. The third-order valence-electron chi connectivity index (χ3n) is 21.8. The molecule has 0 saturated carbocycles. The Balaban J connectivity index is 0.000000326. The average molecular weight is 1990 g/mol. The normalized spacial score (nSPS) is 12.3. The standard InChI is InChI=1S/C26H29N3O5S.C24H29N3O7.C24H28N2O7S.C23H27N3O7S.CH2O2/c1-2-19(21(30)15-18(25(27)34)12-14-24(32)33)28-23(31)13-9-16-7-10-17(11-8-16)26-29-20-5-3-4-6-22(20)35-26;25-24(34)17(6-11-22(30)31)15-20(28)19(9-12-23(32)33)26-21(29)10-5-16-3-7-18(8-4-16)27-13-1-2-14-27;25-24(33)17(6-9-22(29)30)13-20(27)19(7-10-23(31)32)26-21(28)8-3-15-1-4-16(5-2-15)18-11-12-34-14-18;24-22(33)16(6-9-20(29)30)13-18(27)17(7-10-21(31)32)26-19(28)8-3-14-1-4-15(5-2-14)23-25-11-12-34-23;2-1-3/h3-8,10-11,18-19H,2,9,12-15H2,1H3,(H2,27,34)(H,28,31)(H,32,33);1-4,7-8,13-14,17,19H,5-6,9-12,15H2,(H2,25,34)(H,26,29)(H,30,31)(H,32,33);1-2,4-5,11-12,14,17,19H,3,6-10,13H2,(H2,25,33)(H,26,28)(H,29,30)(H,31,32);1-2,4-5,11-12,16-17H,3,6-10,13H2,(H2,24,33)(H,26,28)(H,29,30)(H,31,32);1H,(H,2,3)/t18-,19+;2*17-,19+;16-,17+;/m1111./s1. The van der Waals surface area contributed by atoms with Crippen LogP contribution in [0.15, 0.2) is 174 Å². The van der Waals surface area contributed by atoms with Gasteiger partial charge in [0.1, 0.15) is 10.0 Å². The lowest BCUT2D eigenvalue weighted by atomic mass is 9.92. The number of carboxylic acid groups (broad SMARTS) is 8. The number of nitrogens with one attached hydrogen (secondary N) is 4. The van der Waals surface area contributed by atoms with Gasteiger partial charge in [0.05, 0.1) is 34.4 Å². The first-order valence-corrected chi connectivity index (χ1v) is 47.1. The van der Waals surface area contributed by atoms with Gasteiger partial charge in [-0.1, -0.05) is 104 Å². The lowest BCUT2D eigenvalue weighted by Gasteiger charge is -2.19. The predicted octanol–water partition coefficient (Wildman–Crippen LogP) is 9.74. The van der Waals surface area contributed by atoms with E-state index in [1.54, 1.807) is 35.8 Å². The van der Waals surface area contributed by atoms with Crippen molar-refractivity contribution >= 4 is 163 Å². The van der Waals surface area contributed by atoms with E-state index < -0.39 is 148 Å². The molecule has 0 radical (unpaired) electrons. The molecule has 0 aliphatic rings. The molecule has 748 valence electrons. The molecular weight excluding hydrogens is 1880 g/mol. The van der Waals surface area contributed by atoms with Crippen molar-refractivity contribution in [3.05, 3.63) is 197 Å². The Morgan fingerprint density at radius 1 is 0.364 bits per heavy atom. The minimum absolute atomic E-state index is 0.00615. The molecule has 20 N–H and O–H groups in total. The summed E-state index contributed by atoms with van der Waals surface area (Å²) in [6, 6.07) is 40.7. The summed E-state index contributed by atoms with van der Waals surface area (Å²) in [6.45, 7) is 1.51. The second kappa shape index (κ2) is 61.8. The van der Waals surface area contributed by atoms with E-state index in [0.717, 1.165) is 70.4 Å². The number of primary amides is 4. The number of carbonyl (C=O) groups excluding carboxylic acids is 12. The molecule has 0 unspecified atom stereocenters. The topological polar surface area (TPSA) is 686 Å². The Morgan fingerprint density at radius 2 is 0.671 bits per heavy atom. The summed E-state index contributed by atoms with van der Waals surface area (Å²) in [5, 5.41) is 87.2. The molecule has 5 aromatic carbocycles. The highest BCUT2D eigenvalue weighted by atomic mass is 32.1. The zero-order chi connectivity index (χ0) is 103. The van der Waals surface area contributed by atoms with Crippen molar-refractivity contribution in [1.29, 1.82) is 0 Å². The number of carbonyl (C=O) groups is 20. The molecule has 0 fully saturated rings. The number of benzene rings is 5. The van der Waals surface area contributed by atoms with Crippen molar-refractivity contribution in [1.82, 2.24) is 35.8 Å². The lowest BCUT2D eigenvalue weighted by molar-refractivity contribution is -0.139. The highest BCUT2D eigenvalue weighted by molar-refractivity contribution is 7.21. The second-order valence-corrected chi connectivity index (χ2v) is 35.0. The molecule has 4 aromatic heterocycles. The molecule has 0 bridgehead atoms. The number of rotatable bonds is 58. The van der Waals surface area contributed by atoms with Gasteiger partial charge in [-0.2, -0.15) is 11.3 Å². The molecule has 9 aromatic rings. The van der Waals surface area contributed by atoms with Crippen LogP contribution in [0.1, 0.15) is 177 Å². The molecule has 9 rings (SSSR count). The van der Waals surface area contributed by atoms with Gasteiger partial charge in [0.15, 0.2) is 23.1 Å². The molecule has 39 nitrogen and oxygen atoms in total. The van der Waals surface area contributed by atoms with Gasteiger partial charge in [-0.05, 0) is 164 Å². The van der Waals surface area contributed by atoms with Crippen molar-refractivity contribution < 1.29 is 137 Å². The van der Waals surface area contributed by atoms with Crippen LogP contribution in [0.25, 0.3) is 48.2 Å². The number of Topliss-reactive ketones (excluding diaryl/α,β-unsaturated/α-hetero) is 4. The number of ketones is 4. The molecular formula is C98H115N11O28S3. The number of thiophene rings is 1. The maximum atomic E-state index is 12.7. The Hall–Kier alpha value is -15.2. The first kappa shape index (κ1) is 115. The monoisotopic (exact) mass is 1990 g/mol. The lowest BCUT2D eigenvalue weighted by Crippen LogP contribution is -2.43. The number of para-hydroxylation sites is 1. The molecule has 140 heavy (non-hydrogen) atoms. The molecule has 0 spiro atoms. The van der Waals surface area contributed by atoms with Crippen LogP contribution in [0, 0.1) is 23.7 Å². The largest absolute Gasteiger partial charge is 0.483 e. The Morgan fingerprint density at radius 3 is 0.971 bits per heavy atom. The van der Waals surface area contributed by atoms with Gasteiger partial charge in [-0.3, -0.25) is 95.9 Å². The van der Waals surface area contributed by atoms with Gasteiger partial charge in [0, 0.05) is 161 Å². The first-order valence-electron chi connectivity index (χ1n) is 44.5. The molecule has 0 aliphatic carbocycles. The van der Waals surface area contributed by atoms with E-state index in [4.69, 9.17) is 68.6 Å². The highest BCUT2D eigenvalue weighted by Crippen LogP contribution is 2.32. The number of amides is 8. The maximum Gasteiger partial charge on any atom is 0.303 e. The van der Waals surface area contributed by atoms with Crippen LogP contribution in [0.5, 0.6) is 0 Å². The summed E-state index contributed by atoms with van der Waals surface area (Å²) in [5.74, 6) is -18.4. The summed E-state index contributed by atoms with van der Waals surface area (Å²) in [5.41, 5.74) is 31.0. The van der Waals surface area contributed by atoms with Crippen LogP contribution >= 0.6 is 34.0 Å². The van der Waals surface area contributed by atoms with Gasteiger partial charge in [-0.15, -0.1) is 22.7 Å². The number of aliphatic carboxylic acids is 7. The van der Waals surface area contributed by atoms with E-state index in [9.17, 15) is 91.1 Å². The van der Waals surface area contributed by atoms with Gasteiger partial charge in [0.2, 0.25) is 47.3 Å². The van der Waals surface area contributed by atoms with Crippen molar-refractivity contribution in [3.8, 4) is 38.0 Å². The van der Waals surface area contributed by atoms with E-state index in [1.807, 2.05) is 173 Å². The first-order chi connectivity index (χ1) is 66.6. The number of nitrogens with two attached hydrogens (primary N) is 4. The summed E-state index contributed by atoms with van der Waals surface area (Å²) in [7, 11) is 0. The third-order valence-corrected chi connectivity index (χ3v) is 24.4. The van der Waals surface area contributed by atoms with Crippen molar-refractivity contribution in [2.45, 2.75) is 204 Å². The number of aromatic nitrogens is 3. The van der Waals surface area contributed by atoms with E-state index >= 15 is 0 Å². The minimum Gasteiger partial charge on any atom is -0.483 e. The zero-order valence-electron chi connectivity index (χ0n) is 76.6. The molecule has 0 saturated heterocycles. The number of hydrogen-bond donors (Lipinski definition) is 16. The summed E-state index contributed by atoms with van der Waals surface area (Å²) in [4.78, 5) is 240. The van der Waals surface area contributed by atoms with E-state index in [1.165, 1.54) is 11.3 Å². The summed E-state index contributed by atoms with van der Waals surface area (Å²) < 4.78 is 3.08. The van der Waals surface area contributed by atoms with Crippen LogP contribution in [-0.4, -0.2) is 198 Å². The second-order valence-electron chi connectivity index (χ2n) is 32.3. The predicted molar refractivity (Wildman–Crippen MR) is 515 cm³/mol. The van der Waals surface area contributed by atoms with Crippen LogP contribution in [0.4, 0.5) is 0 Å². The zero-order valence-corrected chi connectivity index (χ0v) is 79.1. The number of nitrogens with zero attached hydrogens (tertiary/aromatic N) is 3. The van der Waals surface area contributed by atoms with E-state index in [-0.39, 0.29) is 159 Å². The van der Waals surface area contributed by atoms with Gasteiger partial charge in [0.25, 0.3) is 6.47 Å². The van der Waals surface area contributed by atoms with Crippen LogP contribution in [0.3, 0.4) is 0 Å². The van der Waals surface area contributed by atoms with Gasteiger partial charge < -0.3 is 89.6 Å². The Kier molecular flexibility index (Phi) is 50.9. The Labute approximate surface area is 816 Å². The summed E-state index contributed by atoms with van der Waals surface area (Å²) >= 11 is 4.76. The average Bonchev–Trinajstić information content (AvgIpc) is 1.67. The van der Waals surface area contributed by atoms with Crippen molar-refractivity contribution in [3.63, 3.8) is 0 Å². The van der Waals surface area contributed by atoms with Crippen LogP contribution < -0.4 is 44.2 Å². The molecule has 42 heteroatoms. The van der Waals surface area contributed by atoms with Crippen molar-refractivity contribution in [2.75, 3.05) is 0 Å². The molecule has 8 amide bonds. The van der Waals surface area contributed by atoms with Gasteiger partial charge >= 0.3 is 41.8 Å². The van der Waals surface area contributed by atoms with E-state index in [2.05, 4.69) is 31.2 Å². The third kappa shape index (κ3) is 44.7. The number of carboxylic acids is 7. The number of aryl methyl sites for hydroxylation is 4.